The fraction of sp³-hybridized carbons (Fsp3) is 0.0500. The molecule has 0 fully saturated rings. The highest BCUT2D eigenvalue weighted by Gasteiger charge is 2.13. The Morgan fingerprint density at radius 3 is 2.67 bits per heavy atom. The zero-order valence-corrected chi connectivity index (χ0v) is 15.6. The number of carbonyl (C=O) groups excluding carboxylic acids is 1. The van der Waals surface area contributed by atoms with Crippen molar-refractivity contribution in [1.82, 2.24) is 19.9 Å². The summed E-state index contributed by atoms with van der Waals surface area (Å²) in [4.78, 5) is 12.4. The second-order valence-corrected chi connectivity index (χ2v) is 6.78. The van der Waals surface area contributed by atoms with E-state index in [1.54, 1.807) is 36.5 Å². The van der Waals surface area contributed by atoms with Crippen molar-refractivity contribution in [2.45, 2.75) is 6.54 Å². The number of amides is 1. The Hall–Kier alpha value is -3.06. The number of nitrogens with zero attached hydrogens (tertiary/aromatic N) is 3. The Morgan fingerprint density at radius 2 is 1.85 bits per heavy atom. The van der Waals surface area contributed by atoms with Crippen molar-refractivity contribution in [3.05, 3.63) is 88.3 Å². The second-order valence-electron chi connectivity index (χ2n) is 5.92. The van der Waals surface area contributed by atoms with Gasteiger partial charge in [-0.3, -0.25) is 9.20 Å². The van der Waals surface area contributed by atoms with Crippen LogP contribution in [0.5, 0.6) is 0 Å². The van der Waals surface area contributed by atoms with E-state index < -0.39 is 0 Å². The molecule has 4 aromatic rings. The molecule has 2 aromatic heterocycles. The van der Waals surface area contributed by atoms with Gasteiger partial charge in [-0.2, -0.15) is 0 Å². The molecule has 1 N–H and O–H groups in total. The van der Waals surface area contributed by atoms with Crippen LogP contribution in [0.15, 0.2) is 71.3 Å². The first-order chi connectivity index (χ1) is 13.1. The number of nitrogens with one attached hydrogen (secondary N) is 1. The Kier molecular flexibility index (Phi) is 4.68. The average Bonchev–Trinajstić information content (AvgIpc) is 3.10. The first-order valence-electron chi connectivity index (χ1n) is 8.25. The molecule has 2 aromatic carbocycles. The normalized spacial score (nSPS) is 10.9. The van der Waals surface area contributed by atoms with Crippen molar-refractivity contribution in [3.63, 3.8) is 0 Å². The van der Waals surface area contributed by atoms with Crippen molar-refractivity contribution in [2.75, 3.05) is 0 Å². The summed E-state index contributed by atoms with van der Waals surface area (Å²) in [5.41, 5.74) is 2.33. The lowest BCUT2D eigenvalue weighted by Crippen LogP contribution is -2.23. The van der Waals surface area contributed by atoms with Gasteiger partial charge in [0, 0.05) is 33.9 Å². The molecule has 0 atom stereocenters. The standard InChI is InChI=1S/C20H14BrFN4O/c21-16-7-3-2-6-15(16)19-25-24-18-11-13(9-10-26(18)19)20(27)23-12-14-5-1-4-8-17(14)22/h1-11H,12H2,(H,23,27). The maximum Gasteiger partial charge on any atom is 0.251 e. The maximum absolute atomic E-state index is 13.7. The predicted molar refractivity (Wildman–Crippen MR) is 104 cm³/mol. The van der Waals surface area contributed by atoms with Crippen LogP contribution >= 0.6 is 15.9 Å². The van der Waals surface area contributed by atoms with E-state index in [4.69, 9.17) is 0 Å². The fourth-order valence-corrected chi connectivity index (χ4v) is 3.24. The maximum atomic E-state index is 13.7. The minimum Gasteiger partial charge on any atom is -0.348 e. The number of aromatic nitrogens is 3. The third kappa shape index (κ3) is 3.46. The minimum absolute atomic E-state index is 0.117. The summed E-state index contributed by atoms with van der Waals surface area (Å²) in [6.45, 7) is 0.117. The van der Waals surface area contributed by atoms with Crippen molar-refractivity contribution < 1.29 is 9.18 Å². The van der Waals surface area contributed by atoms with Crippen molar-refractivity contribution >= 4 is 27.5 Å². The van der Waals surface area contributed by atoms with Gasteiger partial charge in [-0.05, 0) is 24.3 Å². The van der Waals surface area contributed by atoms with E-state index in [1.165, 1.54) is 6.07 Å². The molecule has 0 saturated heterocycles. The van der Waals surface area contributed by atoms with Crippen LogP contribution in [0.4, 0.5) is 4.39 Å². The first kappa shape index (κ1) is 17.4. The van der Waals surface area contributed by atoms with Crippen LogP contribution < -0.4 is 5.32 Å². The molecule has 0 saturated carbocycles. The first-order valence-corrected chi connectivity index (χ1v) is 9.04. The zero-order valence-electron chi connectivity index (χ0n) is 14.1. The SMILES string of the molecule is O=C(NCc1ccccc1F)c1ccn2c(-c3ccccc3Br)nnc2c1. The van der Waals surface area contributed by atoms with E-state index in [0.29, 0.717) is 22.6 Å². The number of pyridine rings is 1. The summed E-state index contributed by atoms with van der Waals surface area (Å²) in [6, 6.07) is 17.4. The molecule has 7 heteroatoms. The Balaban J connectivity index is 1.58. The molecule has 27 heavy (non-hydrogen) atoms. The highest BCUT2D eigenvalue weighted by Crippen LogP contribution is 2.26. The van der Waals surface area contributed by atoms with Crippen LogP contribution in [0.2, 0.25) is 0 Å². The summed E-state index contributed by atoms with van der Waals surface area (Å²) in [7, 11) is 0. The molecule has 5 nitrogen and oxygen atoms in total. The molecular formula is C20H14BrFN4O. The molecule has 0 unspecified atom stereocenters. The van der Waals surface area contributed by atoms with Crippen molar-refractivity contribution in [3.8, 4) is 11.4 Å². The molecule has 0 aliphatic carbocycles. The third-order valence-corrected chi connectivity index (χ3v) is 4.88. The van der Waals surface area contributed by atoms with Crippen LogP contribution in [-0.4, -0.2) is 20.5 Å². The Morgan fingerprint density at radius 1 is 1.07 bits per heavy atom. The molecule has 1 amide bonds. The highest BCUT2D eigenvalue weighted by atomic mass is 79.9. The molecule has 4 rings (SSSR count). The van der Waals surface area contributed by atoms with Gasteiger partial charge in [-0.25, -0.2) is 4.39 Å². The lowest BCUT2D eigenvalue weighted by atomic mass is 10.2. The van der Waals surface area contributed by atoms with Gasteiger partial charge in [-0.15, -0.1) is 10.2 Å². The molecular weight excluding hydrogens is 411 g/mol. The van der Waals surface area contributed by atoms with E-state index in [0.717, 1.165) is 10.0 Å². The largest absolute Gasteiger partial charge is 0.348 e. The van der Waals surface area contributed by atoms with Crippen LogP contribution in [0, 0.1) is 5.82 Å². The third-order valence-electron chi connectivity index (χ3n) is 4.18. The Bertz CT molecular complexity index is 1140. The van der Waals surface area contributed by atoms with Gasteiger partial charge >= 0.3 is 0 Å². The number of fused-ring (bicyclic) bond motifs is 1. The fourth-order valence-electron chi connectivity index (χ4n) is 2.78. The molecule has 0 radical (unpaired) electrons. The van der Waals surface area contributed by atoms with Crippen molar-refractivity contribution in [2.24, 2.45) is 0 Å². The van der Waals surface area contributed by atoms with E-state index in [-0.39, 0.29) is 18.3 Å². The molecule has 0 spiro atoms. The molecule has 0 bridgehead atoms. The lowest BCUT2D eigenvalue weighted by Gasteiger charge is -2.07. The van der Waals surface area contributed by atoms with Crippen LogP contribution in [0.1, 0.15) is 15.9 Å². The van der Waals surface area contributed by atoms with Gasteiger partial charge in [0.2, 0.25) is 0 Å². The van der Waals surface area contributed by atoms with Crippen molar-refractivity contribution in [1.29, 1.82) is 0 Å². The topological polar surface area (TPSA) is 59.3 Å². The number of benzene rings is 2. The highest BCUT2D eigenvalue weighted by molar-refractivity contribution is 9.10. The quantitative estimate of drug-likeness (QED) is 0.533. The van der Waals surface area contributed by atoms with E-state index >= 15 is 0 Å². The second kappa shape index (κ2) is 7.28. The number of carbonyl (C=O) groups is 1. The molecule has 134 valence electrons. The summed E-state index contributed by atoms with van der Waals surface area (Å²) in [5.74, 6) is 0.0331. The van der Waals surface area contributed by atoms with Crippen LogP contribution in [-0.2, 0) is 6.54 Å². The van der Waals surface area contributed by atoms with Crippen LogP contribution in [0.25, 0.3) is 17.0 Å². The van der Waals surface area contributed by atoms with E-state index in [1.807, 2.05) is 28.7 Å². The minimum atomic E-state index is -0.344. The monoisotopic (exact) mass is 424 g/mol. The predicted octanol–water partition coefficient (Wildman–Crippen LogP) is 4.23. The van der Waals surface area contributed by atoms with E-state index in [2.05, 4.69) is 31.4 Å². The Labute approximate surface area is 163 Å². The molecule has 0 aliphatic rings. The summed E-state index contributed by atoms with van der Waals surface area (Å²) in [5, 5.41) is 11.1. The van der Waals surface area contributed by atoms with Gasteiger partial charge in [0.05, 0.1) is 0 Å². The van der Waals surface area contributed by atoms with Gasteiger partial charge in [-0.1, -0.05) is 52.3 Å². The molecule has 2 heterocycles. The smallest absolute Gasteiger partial charge is 0.251 e. The summed E-state index contributed by atoms with van der Waals surface area (Å²) >= 11 is 3.51. The average molecular weight is 425 g/mol. The van der Waals surface area contributed by atoms with Gasteiger partial charge < -0.3 is 5.32 Å². The number of halogens is 2. The zero-order chi connectivity index (χ0) is 18.8. The van der Waals surface area contributed by atoms with E-state index in [9.17, 15) is 9.18 Å². The lowest BCUT2D eigenvalue weighted by molar-refractivity contribution is 0.0950. The molecule has 0 aliphatic heterocycles. The van der Waals surface area contributed by atoms with Crippen LogP contribution in [0.3, 0.4) is 0 Å². The van der Waals surface area contributed by atoms with Gasteiger partial charge in [0.1, 0.15) is 5.82 Å². The number of hydrogen-bond acceptors (Lipinski definition) is 3. The van der Waals surface area contributed by atoms with Gasteiger partial charge in [0.15, 0.2) is 11.5 Å². The summed E-state index contributed by atoms with van der Waals surface area (Å²) in [6.07, 6.45) is 1.75. The number of rotatable bonds is 4. The van der Waals surface area contributed by atoms with Gasteiger partial charge in [0.25, 0.3) is 5.91 Å². The number of hydrogen-bond donors (Lipinski definition) is 1. The summed E-state index contributed by atoms with van der Waals surface area (Å²) < 4.78 is 16.4.